The van der Waals surface area contributed by atoms with Crippen molar-refractivity contribution in [1.29, 1.82) is 0 Å². The Morgan fingerprint density at radius 3 is 1.76 bits per heavy atom. The number of nitrogens with one attached hydrogen (secondary N) is 1. The number of benzene rings is 3. The Morgan fingerprint density at radius 2 is 1.20 bits per heavy atom. The van der Waals surface area contributed by atoms with Crippen molar-refractivity contribution >= 4 is 5.95 Å². The van der Waals surface area contributed by atoms with Crippen LogP contribution in [0.15, 0.2) is 91.0 Å². The topological polar surface area (TPSA) is 55.6 Å². The minimum atomic E-state index is -0.0455. The van der Waals surface area contributed by atoms with Crippen LogP contribution in [0.4, 0.5) is 5.95 Å². The number of aromatic nitrogens is 4. The predicted octanol–water partition coefficient (Wildman–Crippen LogP) is 3.86. The van der Waals surface area contributed by atoms with E-state index in [-0.39, 0.29) is 6.04 Å². The lowest BCUT2D eigenvalue weighted by molar-refractivity contribution is 0.785. The second-order valence-electron chi connectivity index (χ2n) is 5.65. The third kappa shape index (κ3) is 3.26. The molecule has 122 valence electrons. The van der Waals surface area contributed by atoms with E-state index in [9.17, 15) is 0 Å². The normalized spacial score (nSPS) is 10.8. The van der Waals surface area contributed by atoms with Gasteiger partial charge >= 0.3 is 0 Å². The summed E-state index contributed by atoms with van der Waals surface area (Å²) in [6.07, 6.45) is 0. The molecule has 0 saturated heterocycles. The lowest BCUT2D eigenvalue weighted by Crippen LogP contribution is -2.15. The van der Waals surface area contributed by atoms with Crippen molar-refractivity contribution in [3.05, 3.63) is 102 Å². The zero-order valence-electron chi connectivity index (χ0n) is 13.5. The molecule has 0 fully saturated rings. The number of hydrogen-bond donors (Lipinski definition) is 1. The second-order valence-corrected chi connectivity index (χ2v) is 5.65. The van der Waals surface area contributed by atoms with Crippen molar-refractivity contribution in [3.8, 4) is 5.69 Å². The third-order valence-electron chi connectivity index (χ3n) is 4.01. The second kappa shape index (κ2) is 6.97. The molecule has 0 aliphatic carbocycles. The Labute approximate surface area is 146 Å². The molecule has 25 heavy (non-hydrogen) atoms. The lowest BCUT2D eigenvalue weighted by Gasteiger charge is -2.20. The summed E-state index contributed by atoms with van der Waals surface area (Å²) in [5.41, 5.74) is 3.21. The molecule has 0 amide bonds. The van der Waals surface area contributed by atoms with Crippen LogP contribution < -0.4 is 5.32 Å². The van der Waals surface area contributed by atoms with E-state index in [0.29, 0.717) is 5.95 Å². The number of nitrogens with zero attached hydrogens (tertiary/aromatic N) is 4. The smallest absolute Gasteiger partial charge is 0.248 e. The predicted molar refractivity (Wildman–Crippen MR) is 97.5 cm³/mol. The van der Waals surface area contributed by atoms with Crippen molar-refractivity contribution in [2.24, 2.45) is 0 Å². The van der Waals surface area contributed by atoms with Gasteiger partial charge in [-0.25, -0.2) is 0 Å². The fourth-order valence-electron chi connectivity index (χ4n) is 2.80. The summed E-state index contributed by atoms with van der Waals surface area (Å²) in [6.45, 7) is 0. The number of hydrogen-bond acceptors (Lipinski definition) is 4. The highest BCUT2D eigenvalue weighted by Crippen LogP contribution is 2.26. The highest BCUT2D eigenvalue weighted by Gasteiger charge is 2.17. The van der Waals surface area contributed by atoms with Crippen molar-refractivity contribution in [1.82, 2.24) is 20.2 Å². The summed E-state index contributed by atoms with van der Waals surface area (Å²) in [6, 6.07) is 30.4. The molecule has 0 saturated carbocycles. The molecule has 3 aromatic carbocycles. The van der Waals surface area contributed by atoms with Gasteiger partial charge in [-0.2, -0.15) is 4.68 Å². The first kappa shape index (κ1) is 15.1. The zero-order chi connectivity index (χ0) is 16.9. The molecule has 5 nitrogen and oxygen atoms in total. The van der Waals surface area contributed by atoms with Crippen molar-refractivity contribution in [2.75, 3.05) is 5.32 Å². The Bertz CT molecular complexity index is 880. The first-order valence-corrected chi connectivity index (χ1v) is 8.12. The number of rotatable bonds is 5. The molecular formula is C20H17N5. The molecule has 4 rings (SSSR count). The van der Waals surface area contributed by atoms with Crippen LogP contribution in [0.5, 0.6) is 0 Å². The van der Waals surface area contributed by atoms with Gasteiger partial charge in [-0.05, 0) is 33.7 Å². The van der Waals surface area contributed by atoms with Crippen LogP contribution in [0.25, 0.3) is 5.69 Å². The van der Waals surface area contributed by atoms with Gasteiger partial charge in [-0.15, -0.1) is 0 Å². The Kier molecular flexibility index (Phi) is 4.20. The maximum Gasteiger partial charge on any atom is 0.248 e. The third-order valence-corrected chi connectivity index (χ3v) is 4.01. The van der Waals surface area contributed by atoms with Crippen LogP contribution in [0, 0.1) is 0 Å². The molecule has 0 atom stereocenters. The summed E-state index contributed by atoms with van der Waals surface area (Å²) in [5.74, 6) is 0.601. The van der Waals surface area contributed by atoms with Gasteiger partial charge in [0.15, 0.2) is 0 Å². The first-order valence-electron chi connectivity index (χ1n) is 8.12. The van der Waals surface area contributed by atoms with Gasteiger partial charge in [-0.3, -0.25) is 0 Å². The van der Waals surface area contributed by atoms with Gasteiger partial charge in [0.1, 0.15) is 0 Å². The van der Waals surface area contributed by atoms with E-state index < -0.39 is 0 Å². The largest absolute Gasteiger partial charge is 0.342 e. The molecule has 0 aliphatic heterocycles. The van der Waals surface area contributed by atoms with E-state index in [1.54, 1.807) is 4.68 Å². The summed E-state index contributed by atoms with van der Waals surface area (Å²) < 4.78 is 1.71. The van der Waals surface area contributed by atoms with Gasteiger partial charge in [0.25, 0.3) is 0 Å². The van der Waals surface area contributed by atoms with Gasteiger partial charge < -0.3 is 5.32 Å². The molecule has 0 bridgehead atoms. The van der Waals surface area contributed by atoms with Gasteiger partial charge in [0.05, 0.1) is 11.7 Å². The fraction of sp³-hybridized carbons (Fsp3) is 0.0500. The molecule has 0 radical (unpaired) electrons. The highest BCUT2D eigenvalue weighted by molar-refractivity contribution is 5.44. The molecule has 1 aromatic heterocycles. The highest BCUT2D eigenvalue weighted by atomic mass is 15.6. The molecule has 1 heterocycles. The SMILES string of the molecule is c1ccc(C(Nc2nnnn2-c2ccccc2)c2ccccc2)cc1. The maximum absolute atomic E-state index is 4.17. The number of anilines is 1. The summed E-state index contributed by atoms with van der Waals surface area (Å²) in [7, 11) is 0. The summed E-state index contributed by atoms with van der Waals surface area (Å²) in [5, 5.41) is 15.6. The van der Waals surface area contributed by atoms with Crippen LogP contribution in [0.2, 0.25) is 0 Å². The maximum atomic E-state index is 4.17. The van der Waals surface area contributed by atoms with Crippen LogP contribution >= 0.6 is 0 Å². The number of tetrazole rings is 1. The monoisotopic (exact) mass is 327 g/mol. The fourth-order valence-corrected chi connectivity index (χ4v) is 2.80. The van der Waals surface area contributed by atoms with Crippen molar-refractivity contribution in [2.45, 2.75) is 6.04 Å². The van der Waals surface area contributed by atoms with Crippen LogP contribution in [-0.2, 0) is 0 Å². The van der Waals surface area contributed by atoms with Crippen LogP contribution in [0.1, 0.15) is 17.2 Å². The summed E-state index contributed by atoms with van der Waals surface area (Å²) in [4.78, 5) is 0. The Balaban J connectivity index is 1.73. The molecule has 4 aromatic rings. The van der Waals surface area contributed by atoms with Crippen molar-refractivity contribution < 1.29 is 0 Å². The first-order chi connectivity index (χ1) is 12.4. The molecule has 5 heteroatoms. The van der Waals surface area contributed by atoms with Crippen molar-refractivity contribution in [3.63, 3.8) is 0 Å². The quantitative estimate of drug-likeness (QED) is 0.605. The number of para-hydroxylation sites is 1. The van der Waals surface area contributed by atoms with Gasteiger partial charge in [0.2, 0.25) is 5.95 Å². The van der Waals surface area contributed by atoms with Crippen LogP contribution in [-0.4, -0.2) is 20.2 Å². The van der Waals surface area contributed by atoms with Crippen LogP contribution in [0.3, 0.4) is 0 Å². The molecular weight excluding hydrogens is 310 g/mol. The standard InChI is InChI=1S/C20H17N5/c1-4-10-16(11-5-1)19(17-12-6-2-7-13-17)21-20-22-23-24-25(20)18-14-8-3-9-15-18/h1-15,19H,(H,21,22,24). The minimum absolute atomic E-state index is 0.0455. The zero-order valence-corrected chi connectivity index (χ0v) is 13.5. The molecule has 0 aliphatic rings. The van der Waals surface area contributed by atoms with E-state index in [1.165, 1.54) is 0 Å². The van der Waals surface area contributed by atoms with E-state index in [0.717, 1.165) is 16.8 Å². The van der Waals surface area contributed by atoms with E-state index in [1.807, 2.05) is 66.7 Å². The van der Waals surface area contributed by atoms with E-state index >= 15 is 0 Å². The Hall–Kier alpha value is -3.47. The minimum Gasteiger partial charge on any atom is -0.342 e. The average Bonchev–Trinajstić information content (AvgIpc) is 3.16. The average molecular weight is 327 g/mol. The van der Waals surface area contributed by atoms with Gasteiger partial charge in [0, 0.05) is 0 Å². The van der Waals surface area contributed by atoms with Gasteiger partial charge in [-0.1, -0.05) is 84.0 Å². The van der Waals surface area contributed by atoms with E-state index in [2.05, 4.69) is 45.1 Å². The molecule has 0 spiro atoms. The summed E-state index contributed by atoms with van der Waals surface area (Å²) >= 11 is 0. The molecule has 0 unspecified atom stereocenters. The lowest BCUT2D eigenvalue weighted by atomic mass is 9.99. The molecule has 1 N–H and O–H groups in total. The Morgan fingerprint density at radius 1 is 0.680 bits per heavy atom. The van der Waals surface area contributed by atoms with E-state index in [4.69, 9.17) is 0 Å².